The average molecular weight is 240 g/mol. The number of nitrogens with zero attached hydrogens (tertiary/aromatic N) is 1. The molecule has 0 amide bonds. The lowest BCUT2D eigenvalue weighted by atomic mass is 14.0. The van der Waals surface area contributed by atoms with Crippen molar-refractivity contribution in [2.45, 2.75) is 0 Å². The van der Waals surface area contributed by atoms with Crippen LogP contribution in [0.25, 0.3) is 0 Å². The second-order valence-electron chi connectivity index (χ2n) is 1.10. The van der Waals surface area contributed by atoms with E-state index >= 15 is 0 Å². The van der Waals surface area contributed by atoms with E-state index in [9.17, 15) is 9.13 Å². The number of phosphoric acid groups is 1. The van der Waals surface area contributed by atoms with Crippen LogP contribution in [0.1, 0.15) is 0 Å². The molecule has 2 atom stereocenters. The van der Waals surface area contributed by atoms with Gasteiger partial charge in [0.25, 0.3) is 0 Å². The zero-order valence-electron chi connectivity index (χ0n) is 4.69. The first-order valence-electron chi connectivity index (χ1n) is 1.86. The molecule has 7 nitrogen and oxygen atoms in total. The van der Waals surface area contributed by atoms with Crippen molar-refractivity contribution in [2.24, 2.45) is 0 Å². The summed E-state index contributed by atoms with van der Waals surface area (Å²) in [6.07, 6.45) is 0. The summed E-state index contributed by atoms with van der Waals surface area (Å²) in [6, 6.07) is 0. The second-order valence-corrected chi connectivity index (χ2v) is 5.12. The fraction of sp³-hybridized carbons (Fsp3) is 0. The van der Waals surface area contributed by atoms with Gasteiger partial charge in [0.1, 0.15) is 0 Å². The maximum atomic E-state index is 9.95. The van der Waals surface area contributed by atoms with Gasteiger partial charge >= 0.3 is 23.2 Å². The molecular formula is H2ClNO6P3+. The number of hydrogen-bond donors (Lipinski definition) is 2. The maximum absolute atomic E-state index is 9.95. The first-order chi connectivity index (χ1) is 4.81. The summed E-state index contributed by atoms with van der Waals surface area (Å²) >= 11 is 4.71. The molecule has 2 unspecified atom stereocenters. The lowest BCUT2D eigenvalue weighted by Gasteiger charge is -1.95. The Morgan fingerprint density at radius 2 is 2.09 bits per heavy atom. The summed E-state index contributed by atoms with van der Waals surface area (Å²) < 4.78 is 27.2. The maximum Gasteiger partial charge on any atom is 0.646 e. The normalized spacial score (nSPS) is 14.4. The van der Waals surface area contributed by atoms with Crippen molar-refractivity contribution in [3.05, 3.63) is 0 Å². The fourth-order valence-corrected chi connectivity index (χ4v) is 2.19. The molecule has 0 aliphatic heterocycles. The van der Waals surface area contributed by atoms with Crippen LogP contribution in [0.15, 0.2) is 0 Å². The number of rotatable bonds is 2. The van der Waals surface area contributed by atoms with Crippen molar-refractivity contribution in [2.75, 3.05) is 0 Å². The summed E-state index contributed by atoms with van der Waals surface area (Å²) in [5, 5.41) is 8.42. The minimum atomic E-state index is -4.81. The topological polar surface area (TPSA) is 117 Å². The lowest BCUT2D eigenvalue weighted by Crippen LogP contribution is -1.76. The van der Waals surface area contributed by atoms with Crippen molar-refractivity contribution in [1.82, 2.24) is 0 Å². The standard InChI is InChI=1S/ClHNO6P3/c1-9(3)7-10(2)8-11(4,5)6/h(H-,4,5,6)/p+1. The largest absolute Gasteiger partial charge is 0.646 e. The Morgan fingerprint density at radius 3 is 2.36 bits per heavy atom. The second kappa shape index (κ2) is 4.48. The molecule has 0 saturated heterocycles. The Balaban J connectivity index is 3.94. The van der Waals surface area contributed by atoms with E-state index in [-0.39, 0.29) is 0 Å². The molecule has 0 heterocycles. The average Bonchev–Trinajstić information content (AvgIpc) is 1.53. The van der Waals surface area contributed by atoms with Gasteiger partial charge in [-0.25, -0.2) is 4.57 Å². The quantitative estimate of drug-likeness (QED) is 0.706. The van der Waals surface area contributed by atoms with E-state index in [1.807, 2.05) is 0 Å². The highest BCUT2D eigenvalue weighted by Crippen LogP contribution is 2.51. The fourth-order valence-electron chi connectivity index (χ4n) is 0.161. The first-order valence-corrected chi connectivity index (χ1v) is 6.61. The van der Waals surface area contributed by atoms with E-state index in [1.165, 1.54) is 0 Å². The Kier molecular flexibility index (Phi) is 4.68. The van der Waals surface area contributed by atoms with Gasteiger partial charge in [0, 0.05) is 0 Å². The number of halogens is 1. The van der Waals surface area contributed by atoms with Crippen molar-refractivity contribution in [3.63, 3.8) is 0 Å². The third-order valence-electron chi connectivity index (χ3n) is 0.310. The summed E-state index contributed by atoms with van der Waals surface area (Å²) in [5.41, 5.74) is 0. The molecule has 2 N–H and O–H groups in total. The van der Waals surface area contributed by atoms with Crippen molar-refractivity contribution >= 4 is 34.5 Å². The molecule has 0 radical (unpaired) electrons. The monoisotopic (exact) mass is 240 g/mol. The predicted molar refractivity (Wildman–Crippen MR) is 36.3 cm³/mol. The van der Waals surface area contributed by atoms with Crippen LogP contribution in [0, 0.1) is 5.00 Å². The Morgan fingerprint density at radius 1 is 1.64 bits per heavy atom. The first kappa shape index (κ1) is 11.5. The van der Waals surface area contributed by atoms with Crippen LogP contribution in [0.2, 0.25) is 0 Å². The molecule has 64 valence electrons. The molecular weight excluding hydrogens is 238 g/mol. The van der Waals surface area contributed by atoms with Gasteiger partial charge < -0.3 is 9.79 Å². The molecule has 0 aliphatic carbocycles. The Bertz CT molecular complexity index is 257. The van der Waals surface area contributed by atoms with Gasteiger partial charge in [0.2, 0.25) is 11.2 Å². The third kappa shape index (κ3) is 8.38. The molecule has 0 aliphatic rings. The minimum Gasteiger partial charge on any atom is -0.302 e. The zero-order valence-corrected chi connectivity index (χ0v) is 8.13. The van der Waals surface area contributed by atoms with Gasteiger partial charge in [-0.15, -0.1) is 0 Å². The molecule has 0 fully saturated rings. The van der Waals surface area contributed by atoms with E-state index in [4.69, 9.17) is 26.0 Å². The molecule has 11 heteroatoms. The van der Waals surface area contributed by atoms with Crippen LogP contribution in [-0.2, 0) is 17.8 Å². The van der Waals surface area contributed by atoms with E-state index in [2.05, 4.69) is 8.62 Å². The highest BCUT2D eigenvalue weighted by Gasteiger charge is 2.26. The van der Waals surface area contributed by atoms with Crippen LogP contribution >= 0.6 is 34.5 Å². The molecule has 0 rings (SSSR count). The summed E-state index contributed by atoms with van der Waals surface area (Å²) in [6.45, 7) is 0. The smallest absolute Gasteiger partial charge is 0.302 e. The SMILES string of the molecule is N#P(O[P+](=O)Cl)OP(=O)(O)O. The van der Waals surface area contributed by atoms with Gasteiger partial charge in [-0.1, -0.05) is 0 Å². The molecule has 0 aromatic rings. The van der Waals surface area contributed by atoms with Gasteiger partial charge in [-0.2, -0.15) is 9.31 Å². The highest BCUT2D eigenvalue weighted by molar-refractivity contribution is 7.73. The van der Waals surface area contributed by atoms with E-state index < -0.39 is 23.2 Å². The molecule has 11 heavy (non-hydrogen) atoms. The molecule has 0 saturated carbocycles. The molecule has 0 spiro atoms. The summed E-state index contributed by atoms with van der Waals surface area (Å²) in [7, 11) is -10.4. The van der Waals surface area contributed by atoms with E-state index in [0.29, 0.717) is 0 Å². The highest BCUT2D eigenvalue weighted by atomic mass is 35.7. The van der Waals surface area contributed by atoms with Crippen molar-refractivity contribution in [3.8, 4) is 0 Å². The molecule has 0 aromatic carbocycles. The van der Waals surface area contributed by atoms with Crippen LogP contribution in [0.4, 0.5) is 0 Å². The van der Waals surface area contributed by atoms with Gasteiger partial charge in [0.15, 0.2) is 0 Å². The zero-order chi connectivity index (χ0) is 9.07. The van der Waals surface area contributed by atoms with E-state index in [0.717, 1.165) is 0 Å². The van der Waals surface area contributed by atoms with Gasteiger partial charge in [-0.3, -0.25) is 0 Å². The van der Waals surface area contributed by atoms with E-state index in [1.54, 1.807) is 0 Å². The van der Waals surface area contributed by atoms with Gasteiger partial charge in [-0.05, 0) is 8.88 Å². The lowest BCUT2D eigenvalue weighted by molar-refractivity contribution is 0.287. The van der Waals surface area contributed by atoms with Crippen molar-refractivity contribution in [1.29, 1.82) is 5.00 Å². The van der Waals surface area contributed by atoms with Gasteiger partial charge in [0.05, 0.1) is 0 Å². The third-order valence-corrected chi connectivity index (χ3v) is 3.35. The van der Waals surface area contributed by atoms with Crippen LogP contribution in [0.5, 0.6) is 0 Å². The number of hydrogen-bond acceptors (Lipinski definition) is 5. The van der Waals surface area contributed by atoms with Crippen molar-refractivity contribution < 1.29 is 27.5 Å². The Labute approximate surface area is 67.7 Å². The van der Waals surface area contributed by atoms with Crippen LogP contribution in [0.3, 0.4) is 0 Å². The predicted octanol–water partition coefficient (Wildman–Crippen LogP) is 1.80. The summed E-state index contributed by atoms with van der Waals surface area (Å²) in [4.78, 5) is 16.1. The molecule has 0 bridgehead atoms. The Hall–Kier alpha value is 0.470. The summed E-state index contributed by atoms with van der Waals surface area (Å²) in [5.74, 6) is 0. The van der Waals surface area contributed by atoms with Crippen LogP contribution < -0.4 is 0 Å². The molecule has 0 aromatic heterocycles. The van der Waals surface area contributed by atoms with Crippen LogP contribution in [-0.4, -0.2) is 9.79 Å². The minimum absolute atomic E-state index is 2.66.